The largest absolute Gasteiger partial charge is 0.497 e. The second-order valence-electron chi connectivity index (χ2n) is 7.60. The second kappa shape index (κ2) is 11.2. The molecule has 6 nitrogen and oxygen atoms in total. The summed E-state index contributed by atoms with van der Waals surface area (Å²) in [6.07, 6.45) is 1.51. The van der Waals surface area contributed by atoms with Crippen molar-refractivity contribution in [1.82, 2.24) is 5.32 Å². The number of anilines is 1. The Morgan fingerprint density at radius 3 is 2.21 bits per heavy atom. The van der Waals surface area contributed by atoms with Gasteiger partial charge in [0.15, 0.2) is 0 Å². The molecule has 0 bridgehead atoms. The predicted molar refractivity (Wildman–Crippen MR) is 131 cm³/mol. The fourth-order valence-corrected chi connectivity index (χ4v) is 4.81. The first-order chi connectivity index (χ1) is 15.8. The van der Waals surface area contributed by atoms with E-state index in [-0.39, 0.29) is 17.3 Å². The van der Waals surface area contributed by atoms with Gasteiger partial charge in [0.1, 0.15) is 12.3 Å². The van der Waals surface area contributed by atoms with Crippen molar-refractivity contribution < 1.29 is 17.9 Å². The lowest BCUT2D eigenvalue weighted by Gasteiger charge is -2.24. The third-order valence-electron chi connectivity index (χ3n) is 5.13. The van der Waals surface area contributed by atoms with Crippen molar-refractivity contribution in [3.05, 3.63) is 88.9 Å². The van der Waals surface area contributed by atoms with Gasteiger partial charge < -0.3 is 10.1 Å². The smallest absolute Gasteiger partial charge is 0.264 e. The van der Waals surface area contributed by atoms with E-state index in [1.165, 1.54) is 0 Å². The number of nitrogens with one attached hydrogen (secondary N) is 1. The van der Waals surface area contributed by atoms with E-state index in [9.17, 15) is 13.2 Å². The zero-order valence-electron chi connectivity index (χ0n) is 18.6. The zero-order valence-corrected chi connectivity index (χ0v) is 20.2. The van der Waals surface area contributed by atoms with Gasteiger partial charge in [-0.25, -0.2) is 8.42 Å². The normalized spacial score (nSPS) is 11.1. The summed E-state index contributed by atoms with van der Waals surface area (Å²) in [7, 11) is -2.32. The summed E-state index contributed by atoms with van der Waals surface area (Å²) < 4.78 is 32.9. The maximum absolute atomic E-state index is 13.3. The summed E-state index contributed by atoms with van der Waals surface area (Å²) >= 11 is 5.97. The number of hydrogen-bond donors (Lipinski definition) is 1. The highest BCUT2D eigenvalue weighted by atomic mass is 35.5. The van der Waals surface area contributed by atoms with Crippen LogP contribution in [0.5, 0.6) is 5.75 Å². The molecule has 0 atom stereocenters. The Kier molecular flexibility index (Phi) is 8.36. The Morgan fingerprint density at radius 1 is 0.970 bits per heavy atom. The number of hydrogen-bond acceptors (Lipinski definition) is 4. The van der Waals surface area contributed by atoms with Gasteiger partial charge in [-0.1, -0.05) is 41.4 Å². The van der Waals surface area contributed by atoms with Crippen LogP contribution in [0.1, 0.15) is 17.5 Å². The van der Waals surface area contributed by atoms with Crippen molar-refractivity contribution in [2.75, 3.05) is 24.5 Å². The summed E-state index contributed by atoms with van der Waals surface area (Å²) in [5.74, 6) is 0.416. The molecule has 8 heteroatoms. The number of rotatable bonds is 10. The van der Waals surface area contributed by atoms with Gasteiger partial charge in [0, 0.05) is 11.6 Å². The lowest BCUT2D eigenvalue weighted by molar-refractivity contribution is -0.119. The van der Waals surface area contributed by atoms with Crippen LogP contribution in [0.2, 0.25) is 5.02 Å². The van der Waals surface area contributed by atoms with E-state index in [0.29, 0.717) is 17.3 Å². The number of ether oxygens (including phenoxy) is 1. The van der Waals surface area contributed by atoms with Gasteiger partial charge in [-0.3, -0.25) is 9.10 Å². The van der Waals surface area contributed by atoms with E-state index in [2.05, 4.69) is 5.32 Å². The van der Waals surface area contributed by atoms with Gasteiger partial charge in [0.2, 0.25) is 5.91 Å². The van der Waals surface area contributed by atoms with Crippen LogP contribution in [-0.2, 0) is 21.2 Å². The van der Waals surface area contributed by atoms with Crippen molar-refractivity contribution in [3.8, 4) is 5.75 Å². The van der Waals surface area contributed by atoms with Crippen molar-refractivity contribution >= 4 is 33.2 Å². The first-order valence-electron chi connectivity index (χ1n) is 10.5. The Labute approximate surface area is 200 Å². The predicted octanol–water partition coefficient (Wildman–Crippen LogP) is 4.60. The first kappa shape index (κ1) is 24.6. The van der Waals surface area contributed by atoms with Gasteiger partial charge >= 0.3 is 0 Å². The highest BCUT2D eigenvalue weighted by Crippen LogP contribution is 2.25. The molecular weight excluding hydrogens is 460 g/mol. The maximum Gasteiger partial charge on any atom is 0.264 e. The van der Waals surface area contributed by atoms with Crippen molar-refractivity contribution in [3.63, 3.8) is 0 Å². The topological polar surface area (TPSA) is 75.7 Å². The van der Waals surface area contributed by atoms with E-state index in [1.807, 2.05) is 31.2 Å². The van der Waals surface area contributed by atoms with Crippen LogP contribution >= 0.6 is 11.6 Å². The lowest BCUT2D eigenvalue weighted by Crippen LogP contribution is -2.41. The molecule has 0 aromatic heterocycles. The number of halogens is 1. The third kappa shape index (κ3) is 6.73. The minimum absolute atomic E-state index is 0.121. The number of aryl methyl sites for hydroxylation is 2. The summed E-state index contributed by atoms with van der Waals surface area (Å²) in [5, 5.41) is 3.30. The van der Waals surface area contributed by atoms with E-state index in [0.717, 1.165) is 34.0 Å². The molecule has 0 aliphatic rings. The highest BCUT2D eigenvalue weighted by Gasteiger charge is 2.27. The molecule has 0 aliphatic carbocycles. The number of methoxy groups -OCH3 is 1. The fourth-order valence-electron chi connectivity index (χ4n) is 3.26. The van der Waals surface area contributed by atoms with Gasteiger partial charge in [-0.15, -0.1) is 0 Å². The van der Waals surface area contributed by atoms with Crippen LogP contribution in [0.3, 0.4) is 0 Å². The molecule has 0 spiro atoms. The molecule has 0 fully saturated rings. The van der Waals surface area contributed by atoms with E-state index in [1.54, 1.807) is 55.6 Å². The van der Waals surface area contributed by atoms with Crippen molar-refractivity contribution in [2.45, 2.75) is 24.7 Å². The quantitative estimate of drug-likeness (QED) is 0.425. The van der Waals surface area contributed by atoms with Gasteiger partial charge in [0.05, 0.1) is 17.7 Å². The zero-order chi connectivity index (χ0) is 23.8. The Balaban J connectivity index is 1.67. The number of benzene rings is 3. The highest BCUT2D eigenvalue weighted by molar-refractivity contribution is 7.92. The first-order valence-corrected chi connectivity index (χ1v) is 12.4. The van der Waals surface area contributed by atoms with Crippen LogP contribution in [0, 0.1) is 6.92 Å². The summed E-state index contributed by atoms with van der Waals surface area (Å²) in [5.41, 5.74) is 2.45. The number of carbonyl (C=O) groups is 1. The monoisotopic (exact) mass is 486 g/mol. The summed E-state index contributed by atoms with van der Waals surface area (Å²) in [6.45, 7) is 1.98. The number of carbonyl (C=O) groups excluding carboxylic acids is 1. The minimum atomic E-state index is -3.94. The van der Waals surface area contributed by atoms with Gasteiger partial charge in [-0.2, -0.15) is 0 Å². The van der Waals surface area contributed by atoms with Crippen LogP contribution in [0.15, 0.2) is 77.7 Å². The molecule has 0 saturated heterocycles. The molecule has 3 rings (SSSR count). The van der Waals surface area contributed by atoms with Crippen LogP contribution < -0.4 is 14.4 Å². The van der Waals surface area contributed by atoms with Crippen LogP contribution in [-0.4, -0.2) is 34.5 Å². The molecule has 0 saturated carbocycles. The van der Waals surface area contributed by atoms with Crippen LogP contribution in [0.25, 0.3) is 0 Å². The second-order valence-corrected chi connectivity index (χ2v) is 9.90. The number of amides is 1. The average molecular weight is 487 g/mol. The summed E-state index contributed by atoms with van der Waals surface area (Å²) in [6, 6.07) is 20.7. The number of sulfonamides is 1. The van der Waals surface area contributed by atoms with E-state index in [4.69, 9.17) is 16.3 Å². The van der Waals surface area contributed by atoms with Gasteiger partial charge in [-0.05, 0) is 73.9 Å². The van der Waals surface area contributed by atoms with Crippen molar-refractivity contribution in [1.29, 1.82) is 0 Å². The Bertz CT molecular complexity index is 1160. The molecule has 0 radical (unpaired) electrons. The molecule has 1 N–H and O–H groups in total. The molecule has 0 aliphatic heterocycles. The van der Waals surface area contributed by atoms with Crippen molar-refractivity contribution in [2.24, 2.45) is 0 Å². The molecule has 0 unspecified atom stereocenters. The molecular formula is C25H27ClN2O4S. The molecule has 1 amide bonds. The average Bonchev–Trinajstić information content (AvgIpc) is 2.81. The fraction of sp³-hybridized carbons (Fsp3) is 0.240. The molecule has 0 heterocycles. The van der Waals surface area contributed by atoms with Gasteiger partial charge in [0.25, 0.3) is 10.0 Å². The molecule has 174 valence electrons. The molecule has 3 aromatic rings. The van der Waals surface area contributed by atoms with Crippen LogP contribution in [0.4, 0.5) is 5.69 Å². The number of nitrogens with zero attached hydrogens (tertiary/aromatic N) is 1. The molecule has 33 heavy (non-hydrogen) atoms. The van der Waals surface area contributed by atoms with E-state index >= 15 is 0 Å². The maximum atomic E-state index is 13.3. The Hall–Kier alpha value is -3.03. The summed E-state index contributed by atoms with van der Waals surface area (Å²) in [4.78, 5) is 12.8. The SMILES string of the molecule is COc1ccc(CCCNC(=O)CN(c2ccc(Cl)cc2)S(=O)(=O)c2ccc(C)cc2)cc1. The minimum Gasteiger partial charge on any atom is -0.497 e. The standard InChI is InChI=1S/C25H27ClN2O4S/c1-19-5-15-24(16-6-19)33(30,31)28(22-11-9-21(26)10-12-22)18-25(29)27-17-3-4-20-7-13-23(32-2)14-8-20/h5-16H,3-4,17-18H2,1-2H3,(H,27,29). The molecule has 3 aromatic carbocycles. The lowest BCUT2D eigenvalue weighted by atomic mass is 10.1. The van der Waals surface area contributed by atoms with E-state index < -0.39 is 10.0 Å². The third-order valence-corrected chi connectivity index (χ3v) is 7.17. The Morgan fingerprint density at radius 2 is 1.61 bits per heavy atom.